The standard InChI is InChI=1S/C19H26N2O4S/c1-12-8-10-16(11-9-12)26-14(3)18(23)25-13(2)17(22)21-19(24)20-15-6-4-5-7-15/h8-11,13-15H,4-7H2,1-3H3,(H2,20,21,22,24)/t13-,14-/m0/s1. The highest BCUT2D eigenvalue weighted by Crippen LogP contribution is 2.24. The summed E-state index contributed by atoms with van der Waals surface area (Å²) < 4.78 is 5.19. The summed E-state index contributed by atoms with van der Waals surface area (Å²) in [6.07, 6.45) is 3.00. The first-order valence-electron chi connectivity index (χ1n) is 8.90. The summed E-state index contributed by atoms with van der Waals surface area (Å²) in [6, 6.07) is 7.40. The van der Waals surface area contributed by atoms with Crippen LogP contribution in [-0.4, -0.2) is 35.3 Å². The van der Waals surface area contributed by atoms with Crippen molar-refractivity contribution in [2.45, 2.75) is 68.7 Å². The van der Waals surface area contributed by atoms with Gasteiger partial charge in [0, 0.05) is 10.9 Å². The zero-order chi connectivity index (χ0) is 19.1. The Morgan fingerprint density at radius 2 is 1.73 bits per heavy atom. The summed E-state index contributed by atoms with van der Waals surface area (Å²) in [5, 5.41) is 4.54. The molecule has 0 unspecified atom stereocenters. The van der Waals surface area contributed by atoms with Crippen molar-refractivity contribution in [2.24, 2.45) is 0 Å². The van der Waals surface area contributed by atoms with Crippen LogP contribution in [0.1, 0.15) is 45.1 Å². The Kier molecular flexibility index (Phi) is 7.50. The van der Waals surface area contributed by atoms with Crippen molar-refractivity contribution >= 4 is 29.7 Å². The molecule has 0 aromatic heterocycles. The normalized spacial score (nSPS) is 16.6. The van der Waals surface area contributed by atoms with E-state index in [1.165, 1.54) is 18.7 Å². The van der Waals surface area contributed by atoms with Crippen LogP contribution in [0.15, 0.2) is 29.2 Å². The summed E-state index contributed by atoms with van der Waals surface area (Å²) in [4.78, 5) is 37.0. The van der Waals surface area contributed by atoms with Crippen molar-refractivity contribution in [1.29, 1.82) is 0 Å². The fourth-order valence-corrected chi connectivity index (χ4v) is 3.55. The Hall–Kier alpha value is -2.02. The van der Waals surface area contributed by atoms with E-state index in [1.54, 1.807) is 6.92 Å². The van der Waals surface area contributed by atoms with Gasteiger partial charge in [0.1, 0.15) is 5.25 Å². The molecule has 1 aliphatic rings. The number of carbonyl (C=O) groups excluding carboxylic acids is 3. The van der Waals surface area contributed by atoms with E-state index in [4.69, 9.17) is 4.74 Å². The molecule has 1 aliphatic carbocycles. The zero-order valence-corrected chi connectivity index (χ0v) is 16.2. The van der Waals surface area contributed by atoms with Gasteiger partial charge in [-0.25, -0.2) is 4.79 Å². The number of ether oxygens (including phenoxy) is 1. The lowest BCUT2D eigenvalue weighted by atomic mass is 10.2. The Morgan fingerprint density at radius 3 is 2.35 bits per heavy atom. The highest BCUT2D eigenvalue weighted by Gasteiger charge is 2.25. The van der Waals surface area contributed by atoms with Gasteiger partial charge in [0.15, 0.2) is 6.10 Å². The highest BCUT2D eigenvalue weighted by atomic mass is 32.2. The van der Waals surface area contributed by atoms with Crippen LogP contribution in [0.5, 0.6) is 0 Å². The third-order valence-corrected chi connectivity index (χ3v) is 5.35. The zero-order valence-electron chi connectivity index (χ0n) is 15.4. The second kappa shape index (κ2) is 9.62. The van der Waals surface area contributed by atoms with E-state index in [9.17, 15) is 14.4 Å². The van der Waals surface area contributed by atoms with Crippen LogP contribution >= 0.6 is 11.8 Å². The average molecular weight is 378 g/mol. The van der Waals surface area contributed by atoms with Crippen molar-refractivity contribution in [3.05, 3.63) is 29.8 Å². The molecule has 142 valence electrons. The molecule has 0 bridgehead atoms. The molecule has 0 radical (unpaired) electrons. The van der Waals surface area contributed by atoms with Crippen LogP contribution in [-0.2, 0) is 14.3 Å². The predicted octanol–water partition coefficient (Wildman–Crippen LogP) is 3.18. The van der Waals surface area contributed by atoms with E-state index in [0.29, 0.717) is 0 Å². The fraction of sp³-hybridized carbons (Fsp3) is 0.526. The predicted molar refractivity (Wildman–Crippen MR) is 101 cm³/mol. The van der Waals surface area contributed by atoms with Gasteiger partial charge in [0.2, 0.25) is 0 Å². The highest BCUT2D eigenvalue weighted by molar-refractivity contribution is 8.00. The minimum atomic E-state index is -1.03. The number of benzene rings is 1. The molecule has 6 nitrogen and oxygen atoms in total. The van der Waals surface area contributed by atoms with Gasteiger partial charge in [-0.15, -0.1) is 11.8 Å². The van der Waals surface area contributed by atoms with Gasteiger partial charge in [-0.05, 0) is 45.7 Å². The van der Waals surface area contributed by atoms with Crippen LogP contribution in [0.2, 0.25) is 0 Å². The second-order valence-electron chi connectivity index (χ2n) is 6.60. The van der Waals surface area contributed by atoms with Crippen molar-refractivity contribution in [3.8, 4) is 0 Å². The molecular weight excluding hydrogens is 352 g/mol. The van der Waals surface area contributed by atoms with Crippen LogP contribution < -0.4 is 10.6 Å². The third kappa shape index (κ3) is 6.37. The molecular formula is C19H26N2O4S. The molecule has 0 saturated heterocycles. The third-order valence-electron chi connectivity index (χ3n) is 4.26. The Bertz CT molecular complexity index is 641. The number of amides is 3. The molecule has 7 heteroatoms. The summed E-state index contributed by atoms with van der Waals surface area (Å²) >= 11 is 1.36. The van der Waals surface area contributed by atoms with E-state index in [1.807, 2.05) is 31.2 Å². The molecule has 2 rings (SSSR count). The van der Waals surface area contributed by atoms with E-state index in [0.717, 1.165) is 36.1 Å². The molecule has 3 amide bonds. The first-order valence-corrected chi connectivity index (χ1v) is 9.78. The molecule has 0 spiro atoms. The maximum Gasteiger partial charge on any atom is 0.321 e. The summed E-state index contributed by atoms with van der Waals surface area (Å²) in [6.45, 7) is 5.18. The number of thioether (sulfide) groups is 1. The van der Waals surface area contributed by atoms with Crippen LogP contribution in [0, 0.1) is 6.92 Å². The Balaban J connectivity index is 1.76. The monoisotopic (exact) mass is 378 g/mol. The van der Waals surface area contributed by atoms with E-state index in [-0.39, 0.29) is 6.04 Å². The number of nitrogens with one attached hydrogen (secondary N) is 2. The number of hydrogen-bond donors (Lipinski definition) is 2. The van der Waals surface area contributed by atoms with Crippen molar-refractivity contribution in [3.63, 3.8) is 0 Å². The molecule has 1 aromatic carbocycles. The molecule has 1 fully saturated rings. The van der Waals surface area contributed by atoms with E-state index < -0.39 is 29.3 Å². The quantitative estimate of drug-likeness (QED) is 0.587. The maximum absolute atomic E-state index is 12.2. The molecule has 0 heterocycles. The molecule has 2 atom stereocenters. The number of carbonyl (C=O) groups is 3. The number of aryl methyl sites for hydroxylation is 1. The Morgan fingerprint density at radius 1 is 1.12 bits per heavy atom. The van der Waals surface area contributed by atoms with Gasteiger partial charge in [-0.3, -0.25) is 14.9 Å². The first kappa shape index (κ1) is 20.3. The van der Waals surface area contributed by atoms with Crippen LogP contribution in [0.4, 0.5) is 4.79 Å². The largest absolute Gasteiger partial charge is 0.452 e. The topological polar surface area (TPSA) is 84.5 Å². The Labute approximate surface area is 158 Å². The minimum Gasteiger partial charge on any atom is -0.452 e. The number of urea groups is 1. The molecule has 2 N–H and O–H groups in total. The van der Waals surface area contributed by atoms with Gasteiger partial charge in [-0.2, -0.15) is 0 Å². The molecule has 0 aliphatic heterocycles. The van der Waals surface area contributed by atoms with Crippen molar-refractivity contribution in [1.82, 2.24) is 10.6 Å². The minimum absolute atomic E-state index is 0.117. The lowest BCUT2D eigenvalue weighted by molar-refractivity contribution is -0.153. The number of esters is 1. The van der Waals surface area contributed by atoms with Crippen LogP contribution in [0.25, 0.3) is 0 Å². The number of imide groups is 1. The van der Waals surface area contributed by atoms with Gasteiger partial charge < -0.3 is 10.1 Å². The van der Waals surface area contributed by atoms with Crippen molar-refractivity contribution < 1.29 is 19.1 Å². The molecule has 1 aromatic rings. The fourth-order valence-electron chi connectivity index (χ4n) is 2.70. The average Bonchev–Trinajstić information content (AvgIpc) is 3.09. The van der Waals surface area contributed by atoms with Crippen LogP contribution in [0.3, 0.4) is 0 Å². The van der Waals surface area contributed by atoms with Gasteiger partial charge in [0.25, 0.3) is 5.91 Å². The maximum atomic E-state index is 12.2. The van der Waals surface area contributed by atoms with Crippen molar-refractivity contribution in [2.75, 3.05) is 0 Å². The number of rotatable bonds is 6. The van der Waals surface area contributed by atoms with Gasteiger partial charge in [-0.1, -0.05) is 30.5 Å². The lowest BCUT2D eigenvalue weighted by Gasteiger charge is -2.17. The summed E-state index contributed by atoms with van der Waals surface area (Å²) in [7, 11) is 0. The van der Waals surface area contributed by atoms with Gasteiger partial charge >= 0.3 is 12.0 Å². The summed E-state index contributed by atoms with van der Waals surface area (Å²) in [5.41, 5.74) is 1.14. The SMILES string of the molecule is Cc1ccc(S[C@@H](C)C(=O)O[C@@H](C)C(=O)NC(=O)NC2CCCC2)cc1. The second-order valence-corrected chi connectivity index (χ2v) is 8.01. The lowest BCUT2D eigenvalue weighted by Crippen LogP contribution is -2.47. The van der Waals surface area contributed by atoms with Gasteiger partial charge in [0.05, 0.1) is 0 Å². The number of hydrogen-bond acceptors (Lipinski definition) is 5. The smallest absolute Gasteiger partial charge is 0.321 e. The van der Waals surface area contributed by atoms with E-state index in [2.05, 4.69) is 10.6 Å². The molecule has 1 saturated carbocycles. The molecule has 26 heavy (non-hydrogen) atoms. The summed E-state index contributed by atoms with van der Waals surface area (Å²) in [5.74, 6) is -1.11. The van der Waals surface area contributed by atoms with E-state index >= 15 is 0 Å². The first-order chi connectivity index (χ1) is 12.3.